The highest BCUT2D eigenvalue weighted by Crippen LogP contribution is 2.21. The number of ether oxygens (including phenoxy) is 1. The molecule has 0 fully saturated rings. The van der Waals surface area contributed by atoms with Gasteiger partial charge in [-0.05, 0) is 42.1 Å². The molecule has 1 aromatic heterocycles. The average molecular weight is 229 g/mol. The molecule has 0 bridgehead atoms. The van der Waals surface area contributed by atoms with Crippen molar-refractivity contribution in [2.24, 2.45) is 0 Å². The third-order valence-electron chi connectivity index (χ3n) is 2.25. The van der Waals surface area contributed by atoms with Gasteiger partial charge in [-0.15, -0.1) is 11.3 Å². The van der Waals surface area contributed by atoms with Crippen LogP contribution in [0, 0.1) is 18.3 Å². The summed E-state index contributed by atoms with van der Waals surface area (Å²) in [6.07, 6.45) is 0. The standard InChI is InChI=1S/C13H11NOS/c1-10-7-11(8-14)4-5-13(10)15-9-12-3-2-6-16-12/h2-7H,9H2,1H3. The fourth-order valence-electron chi connectivity index (χ4n) is 1.42. The Bertz CT molecular complexity index is 511. The van der Waals surface area contributed by atoms with Crippen molar-refractivity contribution < 1.29 is 4.74 Å². The van der Waals surface area contributed by atoms with Crippen LogP contribution in [0.1, 0.15) is 16.0 Å². The molecule has 0 aliphatic carbocycles. The number of rotatable bonds is 3. The van der Waals surface area contributed by atoms with E-state index < -0.39 is 0 Å². The lowest BCUT2D eigenvalue weighted by Gasteiger charge is -2.07. The van der Waals surface area contributed by atoms with Crippen molar-refractivity contribution in [2.75, 3.05) is 0 Å². The second-order valence-electron chi connectivity index (χ2n) is 3.46. The van der Waals surface area contributed by atoms with Crippen molar-refractivity contribution in [3.63, 3.8) is 0 Å². The van der Waals surface area contributed by atoms with Gasteiger partial charge in [0.1, 0.15) is 12.4 Å². The Labute approximate surface area is 98.7 Å². The molecule has 1 heterocycles. The summed E-state index contributed by atoms with van der Waals surface area (Å²) >= 11 is 1.68. The smallest absolute Gasteiger partial charge is 0.122 e. The summed E-state index contributed by atoms with van der Waals surface area (Å²) in [4.78, 5) is 1.20. The molecule has 0 aliphatic rings. The van der Waals surface area contributed by atoms with Gasteiger partial charge >= 0.3 is 0 Å². The monoisotopic (exact) mass is 229 g/mol. The molecule has 0 spiro atoms. The number of hydrogen-bond acceptors (Lipinski definition) is 3. The minimum Gasteiger partial charge on any atom is -0.488 e. The Morgan fingerprint density at radius 3 is 2.88 bits per heavy atom. The predicted molar refractivity (Wildman–Crippen MR) is 64.5 cm³/mol. The largest absolute Gasteiger partial charge is 0.488 e. The Kier molecular flexibility index (Phi) is 3.23. The maximum Gasteiger partial charge on any atom is 0.122 e. The molecule has 2 rings (SSSR count). The lowest BCUT2D eigenvalue weighted by Crippen LogP contribution is -1.95. The van der Waals surface area contributed by atoms with Crippen LogP contribution in [-0.4, -0.2) is 0 Å². The maximum absolute atomic E-state index is 8.74. The third-order valence-corrected chi connectivity index (χ3v) is 3.10. The fraction of sp³-hybridized carbons (Fsp3) is 0.154. The second kappa shape index (κ2) is 4.82. The number of benzene rings is 1. The summed E-state index contributed by atoms with van der Waals surface area (Å²) in [5, 5.41) is 10.8. The van der Waals surface area contributed by atoms with Crippen molar-refractivity contribution in [3.8, 4) is 11.8 Å². The Morgan fingerprint density at radius 2 is 2.25 bits per heavy atom. The van der Waals surface area contributed by atoms with Gasteiger partial charge in [0.2, 0.25) is 0 Å². The van der Waals surface area contributed by atoms with Crippen LogP contribution in [-0.2, 0) is 6.61 Å². The highest BCUT2D eigenvalue weighted by atomic mass is 32.1. The van der Waals surface area contributed by atoms with Crippen molar-refractivity contribution in [1.29, 1.82) is 5.26 Å². The van der Waals surface area contributed by atoms with Crippen molar-refractivity contribution >= 4 is 11.3 Å². The summed E-state index contributed by atoms with van der Waals surface area (Å²) in [7, 11) is 0. The van der Waals surface area contributed by atoms with E-state index in [9.17, 15) is 0 Å². The summed E-state index contributed by atoms with van der Waals surface area (Å²) in [5.41, 5.74) is 1.66. The summed E-state index contributed by atoms with van der Waals surface area (Å²) in [5.74, 6) is 0.840. The first kappa shape index (κ1) is 10.7. The van der Waals surface area contributed by atoms with Gasteiger partial charge in [-0.3, -0.25) is 0 Å². The van der Waals surface area contributed by atoms with Crippen LogP contribution in [0.25, 0.3) is 0 Å². The third kappa shape index (κ3) is 2.41. The normalized spacial score (nSPS) is 9.75. The molecule has 16 heavy (non-hydrogen) atoms. The van der Waals surface area contributed by atoms with E-state index in [1.807, 2.05) is 36.6 Å². The topological polar surface area (TPSA) is 33.0 Å². The molecule has 0 unspecified atom stereocenters. The fourth-order valence-corrected chi connectivity index (χ4v) is 2.04. The summed E-state index contributed by atoms with van der Waals surface area (Å²) < 4.78 is 5.68. The summed E-state index contributed by atoms with van der Waals surface area (Å²) in [6, 6.07) is 11.6. The molecule has 0 atom stereocenters. The number of aryl methyl sites for hydroxylation is 1. The number of hydrogen-bond donors (Lipinski definition) is 0. The Hall–Kier alpha value is -1.79. The number of nitriles is 1. The van der Waals surface area contributed by atoms with Gasteiger partial charge in [0, 0.05) is 4.88 Å². The van der Waals surface area contributed by atoms with Crippen LogP contribution in [0.4, 0.5) is 0 Å². The van der Waals surface area contributed by atoms with Gasteiger partial charge in [0.15, 0.2) is 0 Å². The molecule has 0 radical (unpaired) electrons. The molecule has 0 N–H and O–H groups in total. The molecule has 1 aromatic carbocycles. The van der Waals surface area contributed by atoms with Gasteiger partial charge < -0.3 is 4.74 Å². The van der Waals surface area contributed by atoms with Crippen LogP contribution in [0.2, 0.25) is 0 Å². The quantitative estimate of drug-likeness (QED) is 0.807. The van der Waals surface area contributed by atoms with Crippen molar-refractivity contribution in [3.05, 3.63) is 51.7 Å². The summed E-state index contributed by atoms with van der Waals surface area (Å²) in [6.45, 7) is 2.54. The van der Waals surface area contributed by atoms with Crippen LogP contribution >= 0.6 is 11.3 Å². The zero-order valence-electron chi connectivity index (χ0n) is 8.93. The maximum atomic E-state index is 8.74. The Morgan fingerprint density at radius 1 is 1.38 bits per heavy atom. The molecule has 2 nitrogen and oxygen atoms in total. The van der Waals surface area contributed by atoms with Crippen molar-refractivity contribution in [2.45, 2.75) is 13.5 Å². The second-order valence-corrected chi connectivity index (χ2v) is 4.49. The van der Waals surface area contributed by atoms with E-state index in [0.29, 0.717) is 12.2 Å². The van der Waals surface area contributed by atoms with E-state index in [0.717, 1.165) is 11.3 Å². The highest BCUT2D eigenvalue weighted by Gasteiger charge is 2.01. The van der Waals surface area contributed by atoms with E-state index in [4.69, 9.17) is 10.00 Å². The molecule has 2 aromatic rings. The molecular formula is C13H11NOS. The van der Waals surface area contributed by atoms with Crippen LogP contribution < -0.4 is 4.74 Å². The van der Waals surface area contributed by atoms with Gasteiger partial charge in [0.05, 0.1) is 11.6 Å². The van der Waals surface area contributed by atoms with Gasteiger partial charge in [-0.25, -0.2) is 0 Å². The van der Waals surface area contributed by atoms with Crippen LogP contribution in [0.3, 0.4) is 0 Å². The number of thiophene rings is 1. The molecule has 0 saturated carbocycles. The number of nitrogens with zero attached hydrogens (tertiary/aromatic N) is 1. The molecule has 3 heteroatoms. The first-order valence-electron chi connectivity index (χ1n) is 4.95. The van der Waals surface area contributed by atoms with Gasteiger partial charge in [0.25, 0.3) is 0 Å². The van der Waals surface area contributed by atoms with E-state index in [-0.39, 0.29) is 0 Å². The van der Waals surface area contributed by atoms with Gasteiger partial charge in [-0.1, -0.05) is 6.07 Å². The minimum absolute atomic E-state index is 0.588. The first-order chi connectivity index (χ1) is 7.79. The molecular weight excluding hydrogens is 218 g/mol. The molecule has 0 amide bonds. The van der Waals surface area contributed by atoms with E-state index in [1.165, 1.54) is 4.88 Å². The van der Waals surface area contributed by atoms with Crippen LogP contribution in [0.15, 0.2) is 35.7 Å². The first-order valence-corrected chi connectivity index (χ1v) is 5.83. The zero-order chi connectivity index (χ0) is 11.4. The minimum atomic E-state index is 0.588. The van der Waals surface area contributed by atoms with E-state index in [1.54, 1.807) is 17.4 Å². The van der Waals surface area contributed by atoms with Crippen LogP contribution in [0.5, 0.6) is 5.75 Å². The molecule has 80 valence electrons. The zero-order valence-corrected chi connectivity index (χ0v) is 9.75. The average Bonchev–Trinajstić information content (AvgIpc) is 2.80. The SMILES string of the molecule is Cc1cc(C#N)ccc1OCc1cccs1. The Balaban J connectivity index is 2.08. The van der Waals surface area contributed by atoms with E-state index in [2.05, 4.69) is 6.07 Å². The lowest BCUT2D eigenvalue weighted by atomic mass is 10.1. The van der Waals surface area contributed by atoms with Crippen molar-refractivity contribution in [1.82, 2.24) is 0 Å². The highest BCUT2D eigenvalue weighted by molar-refractivity contribution is 7.09. The molecule has 0 aliphatic heterocycles. The molecule has 0 saturated heterocycles. The van der Waals surface area contributed by atoms with E-state index >= 15 is 0 Å². The lowest BCUT2D eigenvalue weighted by molar-refractivity contribution is 0.307. The van der Waals surface area contributed by atoms with Gasteiger partial charge in [-0.2, -0.15) is 5.26 Å². The predicted octanol–water partition coefficient (Wildman–Crippen LogP) is 3.51.